The maximum absolute atomic E-state index is 11.8. The first-order valence-electron chi connectivity index (χ1n) is 5.94. The number of phenols is 1. The van der Waals surface area contributed by atoms with Gasteiger partial charge in [-0.3, -0.25) is 4.79 Å². The van der Waals surface area contributed by atoms with Gasteiger partial charge in [-0.1, -0.05) is 0 Å². The smallest absolute Gasteiger partial charge is 0.313 e. The summed E-state index contributed by atoms with van der Waals surface area (Å²) >= 11 is 0. The van der Waals surface area contributed by atoms with E-state index in [0.717, 1.165) is 0 Å². The molecule has 1 atom stereocenters. The molecule has 0 fully saturated rings. The Morgan fingerprint density at radius 1 is 1.43 bits per heavy atom. The number of hydrogen-bond donors (Lipinski definition) is 2. The highest BCUT2D eigenvalue weighted by Gasteiger charge is 2.38. The van der Waals surface area contributed by atoms with Crippen LogP contribution in [0.3, 0.4) is 0 Å². The Kier molecular flexibility index (Phi) is 6.49. The van der Waals surface area contributed by atoms with Gasteiger partial charge in [0.2, 0.25) is 0 Å². The molecule has 0 amide bonds. The molecule has 0 unspecified atom stereocenters. The molecule has 3 N–H and O–H groups in total. The summed E-state index contributed by atoms with van der Waals surface area (Å²) in [5.74, 6) is -0.558. The monoisotopic (exact) mass is 314 g/mol. The summed E-state index contributed by atoms with van der Waals surface area (Å²) in [6.45, 7) is 3.21. The van der Waals surface area contributed by atoms with Crippen LogP contribution < -0.4 is 10.5 Å². The first-order valence-corrected chi connectivity index (χ1v) is 5.94. The van der Waals surface area contributed by atoms with Crippen LogP contribution in [0.5, 0.6) is 11.5 Å². The zero-order valence-electron chi connectivity index (χ0n) is 12.3. The van der Waals surface area contributed by atoms with Crippen LogP contribution in [-0.2, 0) is 9.53 Å². The van der Waals surface area contributed by atoms with Crippen LogP contribution in [0, 0.1) is 16.7 Å². The predicted octanol–water partition coefficient (Wildman–Crippen LogP) is 1.89. The first-order chi connectivity index (χ1) is 9.29. The highest BCUT2D eigenvalue weighted by atomic mass is 35.5. The average molecular weight is 315 g/mol. The summed E-state index contributed by atoms with van der Waals surface area (Å²) < 4.78 is 9.72. The summed E-state index contributed by atoms with van der Waals surface area (Å²) in [6.07, 6.45) is 0. The molecule has 116 valence electrons. The third-order valence-electron chi connectivity index (χ3n) is 3.28. The van der Waals surface area contributed by atoms with E-state index >= 15 is 0 Å². The van der Waals surface area contributed by atoms with E-state index in [2.05, 4.69) is 0 Å². The van der Waals surface area contributed by atoms with Gasteiger partial charge in [0.25, 0.3) is 0 Å². The van der Waals surface area contributed by atoms with Crippen molar-refractivity contribution in [2.75, 3.05) is 14.2 Å². The maximum atomic E-state index is 11.8. The van der Waals surface area contributed by atoms with Gasteiger partial charge in [-0.25, -0.2) is 0 Å². The minimum Gasteiger partial charge on any atom is -0.504 e. The Labute approximate surface area is 129 Å². The number of carbonyl (C=O) groups excluding carboxylic acids is 1. The van der Waals surface area contributed by atoms with Crippen LogP contribution in [0.4, 0.5) is 0 Å². The minimum atomic E-state index is -1.06. The number of nitriles is 1. The SMILES string of the molecule is COC(=O)C(C)(C)[C@H](N)c1cc(C#N)cc(OC)c1O.Cl. The predicted molar refractivity (Wildman–Crippen MR) is 79.3 cm³/mol. The highest BCUT2D eigenvalue weighted by Crippen LogP contribution is 2.41. The maximum Gasteiger partial charge on any atom is 0.313 e. The topological polar surface area (TPSA) is 106 Å². The van der Waals surface area contributed by atoms with Crippen molar-refractivity contribution >= 4 is 18.4 Å². The van der Waals surface area contributed by atoms with E-state index < -0.39 is 17.4 Å². The summed E-state index contributed by atoms with van der Waals surface area (Å²) in [4.78, 5) is 11.8. The van der Waals surface area contributed by atoms with E-state index in [4.69, 9.17) is 20.5 Å². The molecule has 6 nitrogen and oxygen atoms in total. The van der Waals surface area contributed by atoms with E-state index in [0.29, 0.717) is 0 Å². The van der Waals surface area contributed by atoms with Crippen molar-refractivity contribution in [2.24, 2.45) is 11.1 Å². The molecule has 0 saturated carbocycles. The van der Waals surface area contributed by atoms with Crippen molar-refractivity contribution in [2.45, 2.75) is 19.9 Å². The molecule has 0 bridgehead atoms. The lowest BCUT2D eigenvalue weighted by Crippen LogP contribution is -2.37. The molecule has 0 spiro atoms. The van der Waals surface area contributed by atoms with Crippen LogP contribution in [0.1, 0.15) is 31.0 Å². The number of nitrogens with zero attached hydrogens (tertiary/aromatic N) is 1. The molecule has 1 aromatic carbocycles. The largest absolute Gasteiger partial charge is 0.504 e. The third-order valence-corrected chi connectivity index (χ3v) is 3.28. The average Bonchev–Trinajstić information content (AvgIpc) is 2.45. The number of carbonyl (C=O) groups is 1. The molecule has 7 heteroatoms. The summed E-state index contributed by atoms with van der Waals surface area (Å²) in [7, 11) is 2.64. The number of halogens is 1. The lowest BCUT2D eigenvalue weighted by Gasteiger charge is -2.29. The van der Waals surface area contributed by atoms with Gasteiger partial charge < -0.3 is 20.3 Å². The molecule has 0 heterocycles. The van der Waals surface area contributed by atoms with Gasteiger partial charge in [-0.15, -0.1) is 12.4 Å². The van der Waals surface area contributed by atoms with E-state index in [-0.39, 0.29) is 35.0 Å². The number of esters is 1. The Balaban J connectivity index is 0.00000400. The molecule has 0 aliphatic carbocycles. The van der Waals surface area contributed by atoms with Gasteiger partial charge in [0.1, 0.15) is 0 Å². The molecular formula is C14H19ClN2O4. The normalized spacial score (nSPS) is 11.8. The van der Waals surface area contributed by atoms with Crippen molar-refractivity contribution in [3.8, 4) is 17.6 Å². The molecule has 1 aromatic rings. The Morgan fingerprint density at radius 3 is 2.43 bits per heavy atom. The van der Waals surface area contributed by atoms with Crippen LogP contribution in [0.25, 0.3) is 0 Å². The van der Waals surface area contributed by atoms with Crippen molar-refractivity contribution < 1.29 is 19.4 Å². The van der Waals surface area contributed by atoms with Gasteiger partial charge in [0.05, 0.1) is 31.3 Å². The highest BCUT2D eigenvalue weighted by molar-refractivity contribution is 5.85. The summed E-state index contributed by atoms with van der Waals surface area (Å²) in [6, 6.07) is 3.94. The Morgan fingerprint density at radius 2 is 2.00 bits per heavy atom. The molecule has 0 aliphatic heterocycles. The second kappa shape index (κ2) is 7.16. The molecule has 0 aromatic heterocycles. The Bertz CT molecular complexity index is 567. The van der Waals surface area contributed by atoms with Gasteiger partial charge in [0, 0.05) is 17.7 Å². The molecule has 0 saturated heterocycles. The Hall–Kier alpha value is -1.97. The first kappa shape index (κ1) is 19.0. The number of ether oxygens (including phenoxy) is 2. The van der Waals surface area contributed by atoms with E-state index in [1.165, 1.54) is 26.4 Å². The van der Waals surface area contributed by atoms with Gasteiger partial charge in [0.15, 0.2) is 11.5 Å². The fraction of sp³-hybridized carbons (Fsp3) is 0.429. The zero-order chi connectivity index (χ0) is 15.5. The summed E-state index contributed by atoms with van der Waals surface area (Å²) in [5, 5.41) is 19.1. The van der Waals surface area contributed by atoms with E-state index in [1.54, 1.807) is 13.8 Å². The van der Waals surface area contributed by atoms with Crippen molar-refractivity contribution in [1.82, 2.24) is 0 Å². The molecule has 0 aliphatic rings. The van der Waals surface area contributed by atoms with Crippen LogP contribution in [-0.4, -0.2) is 25.3 Å². The van der Waals surface area contributed by atoms with Crippen LogP contribution in [0.15, 0.2) is 12.1 Å². The fourth-order valence-electron chi connectivity index (χ4n) is 1.87. The lowest BCUT2D eigenvalue weighted by molar-refractivity contribution is -0.152. The number of nitrogens with two attached hydrogens (primary N) is 1. The third kappa shape index (κ3) is 3.57. The van der Waals surface area contributed by atoms with Crippen LogP contribution in [0.2, 0.25) is 0 Å². The van der Waals surface area contributed by atoms with Crippen molar-refractivity contribution in [3.63, 3.8) is 0 Å². The van der Waals surface area contributed by atoms with Crippen molar-refractivity contribution in [3.05, 3.63) is 23.3 Å². The van der Waals surface area contributed by atoms with E-state index in [9.17, 15) is 9.90 Å². The number of rotatable bonds is 4. The lowest BCUT2D eigenvalue weighted by atomic mass is 9.80. The van der Waals surface area contributed by atoms with Gasteiger partial charge in [-0.05, 0) is 19.9 Å². The molecular weight excluding hydrogens is 296 g/mol. The standard InChI is InChI=1S/C14H18N2O4.ClH/c1-14(2,13(18)20-4)12(16)9-5-8(7-15)6-10(19-3)11(9)17;/h5-6,12,17H,16H2,1-4H3;1H/t12-;/m1./s1. The second-order valence-corrected chi connectivity index (χ2v) is 4.92. The van der Waals surface area contributed by atoms with Gasteiger partial charge >= 0.3 is 5.97 Å². The number of aromatic hydroxyl groups is 1. The quantitative estimate of drug-likeness (QED) is 0.822. The minimum absolute atomic E-state index is 0. The molecule has 1 rings (SSSR count). The number of phenolic OH excluding ortho intramolecular Hbond substituents is 1. The summed E-state index contributed by atoms with van der Waals surface area (Å²) in [5.41, 5.74) is 5.55. The fourth-order valence-corrected chi connectivity index (χ4v) is 1.87. The second-order valence-electron chi connectivity index (χ2n) is 4.92. The van der Waals surface area contributed by atoms with E-state index in [1.807, 2.05) is 6.07 Å². The van der Waals surface area contributed by atoms with Gasteiger partial charge in [-0.2, -0.15) is 5.26 Å². The number of methoxy groups -OCH3 is 2. The molecule has 0 radical (unpaired) electrons. The number of benzene rings is 1. The van der Waals surface area contributed by atoms with Crippen molar-refractivity contribution in [1.29, 1.82) is 5.26 Å². The zero-order valence-corrected chi connectivity index (χ0v) is 13.2. The van der Waals surface area contributed by atoms with Crippen LogP contribution >= 0.6 is 12.4 Å². The molecule has 21 heavy (non-hydrogen) atoms. The number of hydrogen-bond acceptors (Lipinski definition) is 6.